The average Bonchev–Trinajstić information content (AvgIpc) is 2.36. The van der Waals surface area contributed by atoms with Crippen LogP contribution in [0, 0.1) is 6.92 Å². The molecule has 1 aromatic carbocycles. The van der Waals surface area contributed by atoms with E-state index >= 15 is 0 Å². The standard InChI is InChI=1S/C11H13N3O5S.Na/c1-4-11(15)12-9-5-7(2)8(6-10(9)19-3)13-14-20(16,17)18;/h4-6H,1H2,2-3H3,(H,12,15)(H,16,17,18);/q;+1/p-1. The summed E-state index contributed by atoms with van der Waals surface area (Å²) in [7, 11) is -3.45. The summed E-state index contributed by atoms with van der Waals surface area (Å²) in [6.45, 7) is 4.93. The van der Waals surface area contributed by atoms with Crippen molar-refractivity contribution >= 4 is 27.6 Å². The first kappa shape index (κ1) is 19.7. The smallest absolute Gasteiger partial charge is 0.728 e. The molecule has 0 unspecified atom stereocenters. The van der Waals surface area contributed by atoms with Gasteiger partial charge in [0.25, 0.3) is 0 Å². The zero-order valence-corrected chi connectivity index (χ0v) is 14.6. The second-order valence-electron chi connectivity index (χ2n) is 3.64. The minimum absolute atomic E-state index is 0. The number of ether oxygens (including phenoxy) is 1. The average molecular weight is 321 g/mol. The van der Waals surface area contributed by atoms with Gasteiger partial charge < -0.3 is 14.6 Å². The number of hydrogen-bond acceptors (Lipinski definition) is 6. The number of amides is 1. The zero-order chi connectivity index (χ0) is 15.3. The molecule has 0 aromatic heterocycles. The van der Waals surface area contributed by atoms with Gasteiger partial charge in [0, 0.05) is 6.07 Å². The number of hydrogen-bond donors (Lipinski definition) is 1. The first-order chi connectivity index (χ1) is 9.26. The third-order valence-corrected chi connectivity index (χ3v) is 2.49. The van der Waals surface area contributed by atoms with Gasteiger partial charge in [0.05, 0.1) is 18.5 Å². The molecule has 1 amide bonds. The molecule has 0 saturated heterocycles. The Morgan fingerprint density at radius 2 is 2.10 bits per heavy atom. The molecule has 0 aliphatic rings. The number of nitrogens with one attached hydrogen (secondary N) is 1. The summed E-state index contributed by atoms with van der Waals surface area (Å²) < 4.78 is 38.9. The Labute approximate surface area is 144 Å². The molecule has 0 heterocycles. The molecule has 108 valence electrons. The number of anilines is 1. The van der Waals surface area contributed by atoms with Gasteiger partial charge in [-0.3, -0.25) is 4.79 Å². The van der Waals surface area contributed by atoms with Crippen molar-refractivity contribution in [1.82, 2.24) is 0 Å². The summed E-state index contributed by atoms with van der Waals surface area (Å²) in [6.07, 6.45) is 1.09. The topological polar surface area (TPSA) is 120 Å². The van der Waals surface area contributed by atoms with Crippen molar-refractivity contribution in [2.24, 2.45) is 9.63 Å². The number of carbonyl (C=O) groups is 1. The van der Waals surface area contributed by atoms with E-state index in [0.717, 1.165) is 6.08 Å². The van der Waals surface area contributed by atoms with Gasteiger partial charge in [0.15, 0.2) is 0 Å². The molecule has 1 N–H and O–H groups in total. The predicted molar refractivity (Wildman–Crippen MR) is 70.8 cm³/mol. The summed E-state index contributed by atoms with van der Waals surface area (Å²) in [4.78, 5) is 11.3. The van der Waals surface area contributed by atoms with Gasteiger partial charge in [-0.2, -0.15) is 0 Å². The van der Waals surface area contributed by atoms with E-state index in [-0.39, 0.29) is 41.0 Å². The molecule has 0 atom stereocenters. The van der Waals surface area contributed by atoms with Crippen LogP contribution >= 0.6 is 0 Å². The Kier molecular flexibility index (Phi) is 7.75. The van der Waals surface area contributed by atoms with E-state index in [1.807, 2.05) is 0 Å². The molecule has 0 fully saturated rings. The summed E-state index contributed by atoms with van der Waals surface area (Å²) in [6, 6.07) is 2.86. The van der Waals surface area contributed by atoms with Crippen LogP contribution in [-0.2, 0) is 15.1 Å². The fraction of sp³-hybridized carbons (Fsp3) is 0.182. The third kappa shape index (κ3) is 6.36. The van der Waals surface area contributed by atoms with E-state index in [4.69, 9.17) is 4.74 Å². The SMILES string of the molecule is C=CC(=O)Nc1cc(C)c(N=NS(=O)(=O)[O-])cc1OC.[Na+]. The zero-order valence-electron chi connectivity index (χ0n) is 11.8. The number of methoxy groups -OCH3 is 1. The molecule has 0 bridgehead atoms. The Morgan fingerprint density at radius 3 is 2.57 bits per heavy atom. The van der Waals surface area contributed by atoms with Crippen LogP contribution in [0.2, 0.25) is 0 Å². The fourth-order valence-corrected chi connectivity index (χ4v) is 1.52. The molecular formula is C11H12N3NaO5S. The maximum absolute atomic E-state index is 11.3. The second-order valence-corrected chi connectivity index (χ2v) is 4.66. The van der Waals surface area contributed by atoms with E-state index < -0.39 is 16.2 Å². The number of rotatable bonds is 5. The molecule has 0 aliphatic heterocycles. The fourth-order valence-electron chi connectivity index (χ4n) is 1.33. The van der Waals surface area contributed by atoms with Crippen LogP contribution in [-0.4, -0.2) is 26.0 Å². The van der Waals surface area contributed by atoms with Gasteiger partial charge in [-0.25, -0.2) is 8.42 Å². The maximum atomic E-state index is 11.3. The van der Waals surface area contributed by atoms with Crippen molar-refractivity contribution in [2.75, 3.05) is 12.4 Å². The monoisotopic (exact) mass is 321 g/mol. The molecule has 1 rings (SSSR count). The Bertz CT molecular complexity index is 673. The normalized spacial score (nSPS) is 10.8. The van der Waals surface area contributed by atoms with E-state index in [2.05, 4.69) is 21.5 Å². The molecule has 0 saturated carbocycles. The number of nitrogens with zero attached hydrogens (tertiary/aromatic N) is 2. The summed E-state index contributed by atoms with van der Waals surface area (Å²) >= 11 is 0. The molecular weight excluding hydrogens is 309 g/mol. The third-order valence-electron chi connectivity index (χ3n) is 2.21. The minimum Gasteiger partial charge on any atom is -0.728 e. The number of benzene rings is 1. The van der Waals surface area contributed by atoms with Gasteiger partial charge in [-0.15, -0.1) is 5.11 Å². The van der Waals surface area contributed by atoms with Crippen molar-refractivity contribution in [3.63, 3.8) is 0 Å². The Hall–Kier alpha value is -1.26. The Morgan fingerprint density at radius 1 is 1.48 bits per heavy atom. The molecule has 8 nitrogen and oxygen atoms in total. The molecule has 0 radical (unpaired) electrons. The van der Waals surface area contributed by atoms with E-state index in [1.54, 1.807) is 6.92 Å². The van der Waals surface area contributed by atoms with Crippen LogP contribution in [0.4, 0.5) is 11.4 Å². The maximum Gasteiger partial charge on any atom is 1.00 e. The van der Waals surface area contributed by atoms with Gasteiger partial charge in [-0.05, 0) is 24.6 Å². The molecule has 1 aromatic rings. The minimum atomic E-state index is -4.81. The number of aryl methyl sites for hydroxylation is 1. The van der Waals surface area contributed by atoms with Crippen LogP contribution in [0.15, 0.2) is 34.4 Å². The van der Waals surface area contributed by atoms with E-state index in [9.17, 15) is 17.8 Å². The van der Waals surface area contributed by atoms with Gasteiger partial charge >= 0.3 is 29.6 Å². The molecule has 0 spiro atoms. The Balaban J connectivity index is 0.00000400. The summed E-state index contributed by atoms with van der Waals surface area (Å²) in [5.41, 5.74) is 0.995. The predicted octanol–water partition coefficient (Wildman–Crippen LogP) is -1.32. The summed E-state index contributed by atoms with van der Waals surface area (Å²) in [5, 5.41) is 5.86. The largest absolute Gasteiger partial charge is 1.00 e. The van der Waals surface area contributed by atoms with Crippen molar-refractivity contribution in [1.29, 1.82) is 0 Å². The number of carbonyl (C=O) groups excluding carboxylic acids is 1. The summed E-state index contributed by atoms with van der Waals surface area (Å²) in [5.74, 6) is -0.192. The van der Waals surface area contributed by atoms with Crippen molar-refractivity contribution in [2.45, 2.75) is 6.92 Å². The van der Waals surface area contributed by atoms with Gasteiger partial charge in [0.1, 0.15) is 5.75 Å². The molecule has 21 heavy (non-hydrogen) atoms. The first-order valence-electron chi connectivity index (χ1n) is 5.27. The van der Waals surface area contributed by atoms with Crippen LogP contribution < -0.4 is 39.6 Å². The molecule has 0 aliphatic carbocycles. The van der Waals surface area contributed by atoms with Crippen LogP contribution in [0.5, 0.6) is 5.75 Å². The van der Waals surface area contributed by atoms with Crippen LogP contribution in [0.1, 0.15) is 5.56 Å². The first-order valence-corrected chi connectivity index (χ1v) is 6.64. The van der Waals surface area contributed by atoms with Crippen molar-refractivity contribution in [3.8, 4) is 5.75 Å². The van der Waals surface area contributed by atoms with Crippen LogP contribution in [0.3, 0.4) is 0 Å². The second kappa shape index (κ2) is 8.25. The van der Waals surface area contributed by atoms with Gasteiger partial charge in [0.2, 0.25) is 16.2 Å². The van der Waals surface area contributed by atoms with E-state index in [1.165, 1.54) is 19.2 Å². The van der Waals surface area contributed by atoms with Crippen molar-refractivity contribution < 1.29 is 52.1 Å². The quantitative estimate of drug-likeness (QED) is 0.312. The van der Waals surface area contributed by atoms with Crippen LogP contribution in [0.25, 0.3) is 0 Å². The van der Waals surface area contributed by atoms with E-state index in [0.29, 0.717) is 11.3 Å². The van der Waals surface area contributed by atoms with Crippen molar-refractivity contribution in [3.05, 3.63) is 30.4 Å². The van der Waals surface area contributed by atoms with Gasteiger partial charge in [-0.1, -0.05) is 11.1 Å². The molecule has 10 heteroatoms.